The zero-order valence-electron chi connectivity index (χ0n) is 17.8. The van der Waals surface area contributed by atoms with Crippen molar-refractivity contribution in [3.05, 3.63) is 99.9 Å². The Morgan fingerprint density at radius 1 is 0.906 bits per heavy atom. The molecule has 4 rings (SSSR count). The molecule has 0 aliphatic rings. The first-order chi connectivity index (χ1) is 15.6. The van der Waals surface area contributed by atoms with Gasteiger partial charge >= 0.3 is 5.97 Å². The normalized spacial score (nSPS) is 10.7. The maximum Gasteiger partial charge on any atom is 0.337 e. The minimum Gasteiger partial charge on any atom is -0.489 e. The molecule has 0 N–H and O–H groups in total. The third kappa shape index (κ3) is 4.64. The van der Waals surface area contributed by atoms with Gasteiger partial charge in [-0.15, -0.1) is 0 Å². The summed E-state index contributed by atoms with van der Waals surface area (Å²) < 4.78 is 21.8. The lowest BCUT2D eigenvalue weighted by Gasteiger charge is -2.09. The first kappa shape index (κ1) is 21.2. The number of aryl methyl sites for hydroxylation is 1. The summed E-state index contributed by atoms with van der Waals surface area (Å²) in [5.74, 6) is 0.873. The van der Waals surface area contributed by atoms with Gasteiger partial charge in [0.15, 0.2) is 0 Å². The summed E-state index contributed by atoms with van der Waals surface area (Å²) in [4.78, 5) is 24.3. The number of rotatable bonds is 7. The largest absolute Gasteiger partial charge is 0.489 e. The lowest BCUT2D eigenvalue weighted by molar-refractivity contribution is 0.0600. The van der Waals surface area contributed by atoms with E-state index < -0.39 is 0 Å². The van der Waals surface area contributed by atoms with Gasteiger partial charge in [-0.05, 0) is 53.9 Å². The first-order valence-electron chi connectivity index (χ1n) is 10.2. The van der Waals surface area contributed by atoms with Gasteiger partial charge in [-0.1, -0.05) is 31.2 Å². The summed E-state index contributed by atoms with van der Waals surface area (Å²) in [6, 6.07) is 19.6. The Labute approximate surface area is 185 Å². The van der Waals surface area contributed by atoms with Crippen LogP contribution in [-0.4, -0.2) is 13.1 Å². The molecule has 0 unspecified atom stereocenters. The average molecular weight is 430 g/mol. The molecule has 4 aromatic rings. The molecule has 32 heavy (non-hydrogen) atoms. The van der Waals surface area contributed by atoms with Gasteiger partial charge in [-0.25, -0.2) is 4.79 Å². The maximum absolute atomic E-state index is 12.8. The second-order valence-corrected chi connectivity index (χ2v) is 7.16. The number of ether oxygens (including phenoxy) is 3. The highest BCUT2D eigenvalue weighted by atomic mass is 16.5. The van der Waals surface area contributed by atoms with Gasteiger partial charge in [-0.3, -0.25) is 4.79 Å². The number of carbonyl (C=O) groups excluding carboxylic acids is 1. The molecule has 6 nitrogen and oxygen atoms in total. The molecule has 3 aromatic carbocycles. The average Bonchev–Trinajstić information content (AvgIpc) is 2.84. The van der Waals surface area contributed by atoms with Crippen LogP contribution in [0.2, 0.25) is 0 Å². The zero-order chi connectivity index (χ0) is 22.5. The van der Waals surface area contributed by atoms with Crippen LogP contribution in [-0.2, 0) is 17.8 Å². The fourth-order valence-electron chi connectivity index (χ4n) is 3.19. The predicted molar refractivity (Wildman–Crippen MR) is 120 cm³/mol. The van der Waals surface area contributed by atoms with Gasteiger partial charge in [-0.2, -0.15) is 0 Å². The molecule has 0 aliphatic carbocycles. The van der Waals surface area contributed by atoms with Gasteiger partial charge in [0.1, 0.15) is 30.0 Å². The quantitative estimate of drug-likeness (QED) is 0.360. The van der Waals surface area contributed by atoms with Crippen LogP contribution in [0.15, 0.2) is 82.2 Å². The molecule has 0 spiro atoms. The molecule has 0 amide bonds. The van der Waals surface area contributed by atoms with Gasteiger partial charge in [0.25, 0.3) is 0 Å². The predicted octanol–water partition coefficient (Wildman–Crippen LogP) is 5.51. The van der Waals surface area contributed by atoms with Crippen LogP contribution in [0.3, 0.4) is 0 Å². The van der Waals surface area contributed by atoms with Crippen molar-refractivity contribution in [2.45, 2.75) is 20.0 Å². The van der Waals surface area contributed by atoms with E-state index in [2.05, 4.69) is 6.92 Å². The highest BCUT2D eigenvalue weighted by Gasteiger charge is 2.11. The molecule has 0 aliphatic heterocycles. The number of esters is 1. The van der Waals surface area contributed by atoms with Crippen molar-refractivity contribution in [1.29, 1.82) is 0 Å². The minimum atomic E-state index is -0.386. The molecule has 0 fully saturated rings. The Bertz CT molecular complexity index is 1290. The van der Waals surface area contributed by atoms with E-state index in [1.165, 1.54) is 18.9 Å². The summed E-state index contributed by atoms with van der Waals surface area (Å²) in [6.07, 6.45) is 2.25. The van der Waals surface area contributed by atoms with E-state index in [4.69, 9.17) is 18.6 Å². The fourth-order valence-corrected chi connectivity index (χ4v) is 3.19. The zero-order valence-corrected chi connectivity index (χ0v) is 17.8. The molecule has 0 saturated carbocycles. The SMILES string of the molecule is CCc1ccc(Oc2coc3cc(OCc4ccc(C(=O)OC)cc4)ccc3c2=O)cc1. The molecule has 1 aromatic heterocycles. The molecule has 0 saturated heterocycles. The second-order valence-electron chi connectivity index (χ2n) is 7.16. The van der Waals surface area contributed by atoms with E-state index in [0.29, 0.717) is 34.6 Å². The fraction of sp³-hybridized carbons (Fsp3) is 0.154. The second kappa shape index (κ2) is 9.39. The van der Waals surface area contributed by atoms with E-state index >= 15 is 0 Å². The molecule has 162 valence electrons. The van der Waals surface area contributed by atoms with E-state index in [9.17, 15) is 9.59 Å². The topological polar surface area (TPSA) is 75.0 Å². The van der Waals surface area contributed by atoms with E-state index in [1.54, 1.807) is 42.5 Å². The van der Waals surface area contributed by atoms with Crippen LogP contribution in [0.1, 0.15) is 28.4 Å². The third-order valence-electron chi connectivity index (χ3n) is 5.05. The maximum atomic E-state index is 12.8. The molecular weight excluding hydrogens is 408 g/mol. The van der Waals surface area contributed by atoms with Gasteiger partial charge in [0, 0.05) is 6.07 Å². The lowest BCUT2D eigenvalue weighted by Crippen LogP contribution is -2.05. The first-order valence-corrected chi connectivity index (χ1v) is 10.2. The van der Waals surface area contributed by atoms with Gasteiger partial charge < -0.3 is 18.6 Å². The number of carbonyl (C=O) groups is 1. The van der Waals surface area contributed by atoms with Gasteiger partial charge in [0.2, 0.25) is 11.2 Å². The molecular formula is C26H22O6. The Morgan fingerprint density at radius 3 is 2.28 bits per heavy atom. The van der Waals surface area contributed by atoms with E-state index in [-0.39, 0.29) is 17.1 Å². The smallest absolute Gasteiger partial charge is 0.337 e. The monoisotopic (exact) mass is 430 g/mol. The van der Waals surface area contributed by atoms with Crippen molar-refractivity contribution in [1.82, 2.24) is 0 Å². The van der Waals surface area contributed by atoms with Crippen molar-refractivity contribution >= 4 is 16.9 Å². The summed E-state index contributed by atoms with van der Waals surface area (Å²) >= 11 is 0. The molecule has 0 atom stereocenters. The van der Waals surface area contributed by atoms with Crippen molar-refractivity contribution in [3.63, 3.8) is 0 Å². The van der Waals surface area contributed by atoms with Crippen molar-refractivity contribution in [2.24, 2.45) is 0 Å². The van der Waals surface area contributed by atoms with E-state index in [1.807, 2.05) is 24.3 Å². The van der Waals surface area contributed by atoms with Crippen molar-refractivity contribution in [2.75, 3.05) is 7.11 Å². The standard InChI is InChI=1S/C26H22O6/c1-3-17-6-10-20(11-7-17)32-24-16-31-23-14-21(12-13-22(23)25(24)27)30-15-18-4-8-19(9-5-18)26(28)29-2/h4-14,16H,3,15H2,1-2H3. The summed E-state index contributed by atoms with van der Waals surface area (Å²) in [5, 5.41) is 0.405. The minimum absolute atomic E-state index is 0.126. The van der Waals surface area contributed by atoms with Crippen LogP contribution in [0.5, 0.6) is 17.2 Å². The number of methoxy groups -OCH3 is 1. The number of benzene rings is 3. The number of hydrogen-bond donors (Lipinski definition) is 0. The van der Waals surface area contributed by atoms with Crippen LogP contribution in [0.4, 0.5) is 0 Å². The molecule has 0 radical (unpaired) electrons. The number of fused-ring (bicyclic) bond motifs is 1. The van der Waals surface area contributed by atoms with Crippen LogP contribution < -0.4 is 14.9 Å². The van der Waals surface area contributed by atoms with Crippen molar-refractivity contribution in [3.8, 4) is 17.2 Å². The Kier molecular flexibility index (Phi) is 6.22. The Balaban J connectivity index is 1.47. The summed E-state index contributed by atoms with van der Waals surface area (Å²) in [7, 11) is 1.34. The highest BCUT2D eigenvalue weighted by molar-refractivity contribution is 5.89. The third-order valence-corrected chi connectivity index (χ3v) is 5.05. The van der Waals surface area contributed by atoms with Crippen LogP contribution in [0, 0.1) is 0 Å². The van der Waals surface area contributed by atoms with Crippen LogP contribution in [0.25, 0.3) is 11.0 Å². The lowest BCUT2D eigenvalue weighted by atomic mass is 10.1. The van der Waals surface area contributed by atoms with E-state index in [0.717, 1.165) is 12.0 Å². The molecule has 1 heterocycles. The Hall–Kier alpha value is -4.06. The Morgan fingerprint density at radius 2 is 1.59 bits per heavy atom. The molecule has 6 heteroatoms. The number of hydrogen-bond acceptors (Lipinski definition) is 6. The molecule has 0 bridgehead atoms. The summed E-state index contributed by atoms with van der Waals surface area (Å²) in [6.45, 7) is 2.37. The highest BCUT2D eigenvalue weighted by Crippen LogP contribution is 2.25. The van der Waals surface area contributed by atoms with Crippen molar-refractivity contribution < 1.29 is 23.4 Å². The summed E-state index contributed by atoms with van der Waals surface area (Å²) in [5.41, 5.74) is 2.70. The van der Waals surface area contributed by atoms with Crippen LogP contribution >= 0.6 is 0 Å². The van der Waals surface area contributed by atoms with Gasteiger partial charge in [0.05, 0.1) is 18.1 Å².